The Bertz CT molecular complexity index is 246. The molecule has 1 heterocycles. The van der Waals surface area contributed by atoms with Gasteiger partial charge in [0.1, 0.15) is 5.01 Å². The van der Waals surface area contributed by atoms with Crippen LogP contribution in [0.1, 0.15) is 17.8 Å². The number of hydrogen-bond donors (Lipinski definition) is 1. The molecule has 0 aliphatic heterocycles. The average molecular weight is 198 g/mol. The van der Waals surface area contributed by atoms with Crippen molar-refractivity contribution < 1.29 is 5.11 Å². The third kappa shape index (κ3) is 2.49. The van der Waals surface area contributed by atoms with Gasteiger partial charge in [-0.05, 0) is 12.8 Å². The van der Waals surface area contributed by atoms with Crippen molar-refractivity contribution >= 4 is 11.3 Å². The Morgan fingerprint density at radius 2 is 2.46 bits per heavy atom. The third-order valence-corrected chi connectivity index (χ3v) is 3.04. The predicted molar refractivity (Wildman–Crippen MR) is 52.6 cm³/mol. The average Bonchev–Trinajstić information content (AvgIpc) is 2.85. The minimum absolute atomic E-state index is 0.252. The van der Waals surface area contributed by atoms with E-state index in [1.165, 1.54) is 12.8 Å². The van der Waals surface area contributed by atoms with Crippen molar-refractivity contribution in [1.82, 2.24) is 9.88 Å². The summed E-state index contributed by atoms with van der Waals surface area (Å²) < 4.78 is 0. The van der Waals surface area contributed by atoms with E-state index < -0.39 is 0 Å². The third-order valence-electron chi connectivity index (χ3n) is 2.27. The van der Waals surface area contributed by atoms with Gasteiger partial charge in [0.05, 0.1) is 13.2 Å². The van der Waals surface area contributed by atoms with E-state index >= 15 is 0 Å². The zero-order chi connectivity index (χ0) is 9.10. The number of thiazole rings is 1. The topological polar surface area (TPSA) is 36.4 Å². The van der Waals surface area contributed by atoms with E-state index in [2.05, 4.69) is 9.88 Å². The Hall–Kier alpha value is -0.450. The largest absolute Gasteiger partial charge is 0.395 e. The zero-order valence-electron chi connectivity index (χ0n) is 7.52. The lowest BCUT2D eigenvalue weighted by atomic mass is 10.4. The van der Waals surface area contributed by atoms with E-state index in [-0.39, 0.29) is 6.61 Å². The second-order valence-corrected chi connectivity index (χ2v) is 4.33. The molecule has 0 aromatic carbocycles. The highest BCUT2D eigenvalue weighted by molar-refractivity contribution is 7.09. The summed E-state index contributed by atoms with van der Waals surface area (Å²) in [5.74, 6) is 0. The van der Waals surface area contributed by atoms with Crippen LogP contribution in [-0.2, 0) is 6.54 Å². The van der Waals surface area contributed by atoms with Crippen LogP contribution in [-0.4, -0.2) is 34.2 Å². The van der Waals surface area contributed by atoms with Gasteiger partial charge < -0.3 is 5.11 Å². The second kappa shape index (κ2) is 4.17. The Morgan fingerprint density at radius 3 is 3.00 bits per heavy atom. The predicted octanol–water partition coefficient (Wildman–Crippen LogP) is 1.10. The van der Waals surface area contributed by atoms with E-state index in [9.17, 15) is 0 Å². The summed E-state index contributed by atoms with van der Waals surface area (Å²) in [7, 11) is 0. The smallest absolute Gasteiger partial charge is 0.107 e. The minimum atomic E-state index is 0.252. The molecule has 1 saturated carbocycles. The highest BCUT2D eigenvalue weighted by Gasteiger charge is 2.28. The van der Waals surface area contributed by atoms with E-state index in [1.807, 2.05) is 11.6 Å². The van der Waals surface area contributed by atoms with Crippen LogP contribution in [0, 0.1) is 0 Å². The molecule has 1 aliphatic carbocycles. The van der Waals surface area contributed by atoms with Crippen LogP contribution in [0.4, 0.5) is 0 Å². The maximum Gasteiger partial charge on any atom is 0.107 e. The number of rotatable bonds is 5. The Balaban J connectivity index is 1.89. The van der Waals surface area contributed by atoms with Crippen LogP contribution >= 0.6 is 11.3 Å². The van der Waals surface area contributed by atoms with E-state index in [0.29, 0.717) is 6.04 Å². The molecule has 0 saturated heterocycles. The molecule has 1 aliphatic rings. The molecule has 13 heavy (non-hydrogen) atoms. The lowest BCUT2D eigenvalue weighted by Crippen LogP contribution is -2.28. The van der Waals surface area contributed by atoms with Gasteiger partial charge in [-0.2, -0.15) is 0 Å². The van der Waals surface area contributed by atoms with Crippen LogP contribution < -0.4 is 0 Å². The SMILES string of the molecule is OCCN(Cc1nccs1)C1CC1. The van der Waals surface area contributed by atoms with Gasteiger partial charge in [0.25, 0.3) is 0 Å². The zero-order valence-corrected chi connectivity index (χ0v) is 8.33. The molecular formula is C9H14N2OS. The van der Waals surface area contributed by atoms with Gasteiger partial charge in [-0.1, -0.05) is 0 Å². The minimum Gasteiger partial charge on any atom is -0.395 e. The summed E-state index contributed by atoms with van der Waals surface area (Å²) >= 11 is 1.69. The number of nitrogens with zero attached hydrogens (tertiary/aromatic N) is 2. The molecule has 0 atom stereocenters. The van der Waals surface area contributed by atoms with E-state index in [4.69, 9.17) is 5.11 Å². The molecule has 0 bridgehead atoms. The molecule has 1 aromatic rings. The summed E-state index contributed by atoms with van der Waals surface area (Å²) in [6.45, 7) is 1.94. The molecule has 1 fully saturated rings. The fourth-order valence-corrected chi connectivity index (χ4v) is 2.10. The van der Waals surface area contributed by atoms with Crippen molar-refractivity contribution in [1.29, 1.82) is 0 Å². The maximum absolute atomic E-state index is 8.88. The van der Waals surface area contributed by atoms with Crippen molar-refractivity contribution in [3.63, 3.8) is 0 Å². The van der Waals surface area contributed by atoms with Crippen LogP contribution in [0.15, 0.2) is 11.6 Å². The number of aliphatic hydroxyl groups excluding tert-OH is 1. The summed E-state index contributed by atoms with van der Waals surface area (Å²) in [6.07, 6.45) is 4.40. The number of aromatic nitrogens is 1. The molecule has 1 N–H and O–H groups in total. The summed E-state index contributed by atoms with van der Waals surface area (Å²) in [4.78, 5) is 6.56. The van der Waals surface area contributed by atoms with Crippen molar-refractivity contribution in [2.45, 2.75) is 25.4 Å². The molecular weight excluding hydrogens is 184 g/mol. The Kier molecular flexibility index (Phi) is 2.93. The normalized spacial score (nSPS) is 16.8. The molecule has 2 rings (SSSR count). The Morgan fingerprint density at radius 1 is 1.62 bits per heavy atom. The summed E-state index contributed by atoms with van der Waals surface area (Å²) in [6, 6.07) is 0.705. The first-order chi connectivity index (χ1) is 6.40. The molecule has 0 unspecified atom stereocenters. The lowest BCUT2D eigenvalue weighted by molar-refractivity contribution is 0.183. The van der Waals surface area contributed by atoms with Crippen LogP contribution in [0.3, 0.4) is 0 Å². The fourth-order valence-electron chi connectivity index (χ4n) is 1.46. The van der Waals surface area contributed by atoms with Gasteiger partial charge in [-0.3, -0.25) is 4.90 Å². The number of hydrogen-bond acceptors (Lipinski definition) is 4. The highest BCUT2D eigenvalue weighted by atomic mass is 32.1. The van der Waals surface area contributed by atoms with Gasteiger partial charge in [-0.15, -0.1) is 11.3 Å². The highest BCUT2D eigenvalue weighted by Crippen LogP contribution is 2.28. The number of aliphatic hydroxyl groups is 1. The fraction of sp³-hybridized carbons (Fsp3) is 0.667. The molecule has 1 aromatic heterocycles. The Labute approximate surface area is 82.0 Å². The molecule has 0 spiro atoms. The molecule has 4 heteroatoms. The van der Waals surface area contributed by atoms with Gasteiger partial charge >= 0.3 is 0 Å². The van der Waals surface area contributed by atoms with Gasteiger partial charge in [-0.25, -0.2) is 4.98 Å². The molecule has 0 amide bonds. The quantitative estimate of drug-likeness (QED) is 0.769. The van der Waals surface area contributed by atoms with Crippen LogP contribution in [0.2, 0.25) is 0 Å². The van der Waals surface area contributed by atoms with Gasteiger partial charge in [0.15, 0.2) is 0 Å². The van der Waals surface area contributed by atoms with E-state index in [1.54, 1.807) is 11.3 Å². The first kappa shape index (κ1) is 9.12. The summed E-state index contributed by atoms with van der Waals surface area (Å²) in [5, 5.41) is 12.0. The van der Waals surface area contributed by atoms with Crippen LogP contribution in [0.5, 0.6) is 0 Å². The standard InChI is InChI=1S/C9H14N2OS/c12-5-4-11(8-1-2-8)7-9-10-3-6-13-9/h3,6,8,12H,1-2,4-5,7H2. The second-order valence-electron chi connectivity index (χ2n) is 3.35. The molecule has 3 nitrogen and oxygen atoms in total. The van der Waals surface area contributed by atoms with Crippen molar-refractivity contribution in [2.75, 3.05) is 13.2 Å². The van der Waals surface area contributed by atoms with Gasteiger partial charge in [0.2, 0.25) is 0 Å². The first-order valence-electron chi connectivity index (χ1n) is 4.63. The maximum atomic E-state index is 8.88. The molecule has 72 valence electrons. The van der Waals surface area contributed by atoms with Crippen LogP contribution in [0.25, 0.3) is 0 Å². The van der Waals surface area contributed by atoms with Gasteiger partial charge in [0, 0.05) is 24.2 Å². The summed E-state index contributed by atoms with van der Waals surface area (Å²) in [5.41, 5.74) is 0. The van der Waals surface area contributed by atoms with Crippen molar-refractivity contribution in [3.05, 3.63) is 16.6 Å². The van der Waals surface area contributed by atoms with E-state index in [0.717, 1.165) is 18.1 Å². The lowest BCUT2D eigenvalue weighted by Gasteiger charge is -2.18. The monoisotopic (exact) mass is 198 g/mol. The first-order valence-corrected chi connectivity index (χ1v) is 5.51. The van der Waals surface area contributed by atoms with Crippen molar-refractivity contribution in [2.24, 2.45) is 0 Å². The van der Waals surface area contributed by atoms with Crippen molar-refractivity contribution in [3.8, 4) is 0 Å². The molecule has 0 radical (unpaired) electrons.